The van der Waals surface area contributed by atoms with E-state index >= 15 is 0 Å². The quantitative estimate of drug-likeness (QED) is 0.344. The highest BCUT2D eigenvalue weighted by atomic mass is 16.2. The summed E-state index contributed by atoms with van der Waals surface area (Å²) >= 11 is 0. The van der Waals surface area contributed by atoms with Gasteiger partial charge in [0.25, 0.3) is 0 Å². The molecule has 3 amide bonds. The summed E-state index contributed by atoms with van der Waals surface area (Å²) in [7, 11) is 1.77. The summed E-state index contributed by atoms with van der Waals surface area (Å²) in [4.78, 5) is 37.3. The summed E-state index contributed by atoms with van der Waals surface area (Å²) in [5, 5.41) is 8.92. The van der Waals surface area contributed by atoms with E-state index in [4.69, 9.17) is 5.73 Å². The van der Waals surface area contributed by atoms with Crippen LogP contribution in [0.2, 0.25) is 0 Å². The number of anilines is 1. The van der Waals surface area contributed by atoms with Crippen LogP contribution in [0.15, 0.2) is 42.5 Å². The molecule has 8 heteroatoms. The number of nitrogens with one attached hydrogen (secondary N) is 3. The number of hydrogen-bond acceptors (Lipinski definition) is 5. The summed E-state index contributed by atoms with van der Waals surface area (Å²) in [5.41, 5.74) is 11.3. The van der Waals surface area contributed by atoms with E-state index in [9.17, 15) is 14.4 Å². The van der Waals surface area contributed by atoms with E-state index in [1.807, 2.05) is 37.3 Å². The summed E-state index contributed by atoms with van der Waals surface area (Å²) in [6.07, 6.45) is 4.32. The zero-order valence-corrected chi connectivity index (χ0v) is 23.3. The Bertz CT molecular complexity index is 1130. The number of hydrogen-bond donors (Lipinski definition) is 4. The normalized spacial score (nSPS) is 19.1. The van der Waals surface area contributed by atoms with E-state index in [-0.39, 0.29) is 29.3 Å². The molecule has 5 N–H and O–H groups in total. The zero-order chi connectivity index (χ0) is 27.9. The van der Waals surface area contributed by atoms with Crippen LogP contribution in [-0.2, 0) is 33.8 Å². The van der Waals surface area contributed by atoms with Crippen LogP contribution in [0.4, 0.5) is 5.69 Å². The third-order valence-electron chi connectivity index (χ3n) is 7.53. The predicted octanol–water partition coefficient (Wildman–Crippen LogP) is 3.10. The second-order valence-corrected chi connectivity index (χ2v) is 11.4. The smallest absolute Gasteiger partial charge is 0.243 e. The Morgan fingerprint density at radius 3 is 2.55 bits per heavy atom. The van der Waals surface area contributed by atoms with Crippen molar-refractivity contribution in [3.8, 4) is 0 Å². The Balaban J connectivity index is 0.000000284. The van der Waals surface area contributed by atoms with Crippen molar-refractivity contribution in [2.75, 3.05) is 19.3 Å². The molecule has 0 spiro atoms. The van der Waals surface area contributed by atoms with Crippen LogP contribution >= 0.6 is 0 Å². The summed E-state index contributed by atoms with van der Waals surface area (Å²) in [5.74, 6) is -0.0354. The minimum Gasteiger partial charge on any atom is -0.399 e. The number of nitrogen functional groups attached to an aromatic ring is 1. The molecule has 3 atom stereocenters. The van der Waals surface area contributed by atoms with Crippen LogP contribution in [-0.4, -0.2) is 48.8 Å². The van der Waals surface area contributed by atoms with Gasteiger partial charge in [0.2, 0.25) is 18.2 Å². The van der Waals surface area contributed by atoms with E-state index in [2.05, 4.69) is 48.9 Å². The Labute approximate surface area is 226 Å². The molecule has 0 fully saturated rings. The lowest BCUT2D eigenvalue weighted by molar-refractivity contribution is -0.134. The molecule has 206 valence electrons. The van der Waals surface area contributed by atoms with Crippen molar-refractivity contribution in [3.63, 3.8) is 0 Å². The largest absolute Gasteiger partial charge is 0.399 e. The molecule has 1 heterocycles. The first-order valence-electron chi connectivity index (χ1n) is 13.4. The van der Waals surface area contributed by atoms with Gasteiger partial charge in [-0.3, -0.25) is 14.4 Å². The van der Waals surface area contributed by atoms with Crippen LogP contribution in [0.25, 0.3) is 0 Å². The number of carbonyl (C=O) groups is 3. The van der Waals surface area contributed by atoms with Crippen LogP contribution in [0.3, 0.4) is 0 Å². The fraction of sp³-hybridized carbons (Fsp3) is 0.500. The molecular weight excluding hydrogens is 478 g/mol. The number of carbonyl (C=O) groups excluding carboxylic acids is 3. The highest BCUT2D eigenvalue weighted by Gasteiger charge is 2.33. The van der Waals surface area contributed by atoms with Crippen LogP contribution < -0.4 is 21.7 Å². The number of aryl methyl sites for hydroxylation is 1. The minimum atomic E-state index is -0.490. The lowest BCUT2D eigenvalue weighted by Crippen LogP contribution is -2.50. The highest BCUT2D eigenvalue weighted by Crippen LogP contribution is 2.30. The molecule has 3 unspecified atom stereocenters. The average Bonchev–Trinajstić information content (AvgIpc) is 2.88. The molecule has 2 aliphatic rings. The fourth-order valence-electron chi connectivity index (χ4n) is 4.82. The number of fused-ring (bicyclic) bond motifs is 2. The summed E-state index contributed by atoms with van der Waals surface area (Å²) in [6.45, 7) is 9.18. The zero-order valence-electron chi connectivity index (χ0n) is 23.3. The molecule has 0 saturated carbocycles. The van der Waals surface area contributed by atoms with E-state index in [0.717, 1.165) is 36.8 Å². The van der Waals surface area contributed by atoms with Crippen LogP contribution in [0.5, 0.6) is 0 Å². The molecule has 0 bridgehead atoms. The number of likely N-dealkylation sites (N-methyl/N-ethyl adjacent to an activating group) is 1. The second kappa shape index (κ2) is 12.9. The second-order valence-electron chi connectivity index (χ2n) is 11.4. The van der Waals surface area contributed by atoms with Gasteiger partial charge in [-0.1, -0.05) is 51.1 Å². The topological polar surface area (TPSA) is 117 Å². The molecule has 2 aromatic rings. The molecule has 0 aromatic heterocycles. The maximum absolute atomic E-state index is 13.0. The number of rotatable bonds is 6. The average molecular weight is 522 g/mol. The fourth-order valence-corrected chi connectivity index (χ4v) is 4.82. The predicted molar refractivity (Wildman–Crippen MR) is 151 cm³/mol. The third kappa shape index (κ3) is 7.57. The van der Waals surface area contributed by atoms with Gasteiger partial charge >= 0.3 is 0 Å². The van der Waals surface area contributed by atoms with Gasteiger partial charge in [0.1, 0.15) is 6.04 Å². The molecule has 1 aliphatic heterocycles. The molecule has 2 aromatic carbocycles. The summed E-state index contributed by atoms with van der Waals surface area (Å²) in [6, 6.07) is 13.7. The SMILES string of the molecule is CNCC(=O)NC(C)C(C)(C)C.Nc1ccc2c(c1)CC(C(=O)NC1CCCc3ccccc31)N(C=O)C2. The first-order valence-corrected chi connectivity index (χ1v) is 13.4. The van der Waals surface area contributed by atoms with Crippen LogP contribution in [0, 0.1) is 5.41 Å². The van der Waals surface area contributed by atoms with Crippen LogP contribution in [0.1, 0.15) is 68.8 Å². The van der Waals surface area contributed by atoms with E-state index < -0.39 is 6.04 Å². The lowest BCUT2D eigenvalue weighted by atomic mass is 9.87. The molecule has 8 nitrogen and oxygen atoms in total. The monoisotopic (exact) mass is 521 g/mol. The standard InChI is InChI=1S/C21H23N3O2.C9H20N2O/c22-17-9-8-15-12-24(13-25)20(11-16(15)10-17)21(26)23-19-7-3-5-14-4-1-2-6-18(14)19;1-7(9(2,3)4)11-8(12)6-10-5/h1-2,4,6,8-10,13,19-20H,3,5,7,11-12,22H2,(H,23,26);7,10H,6H2,1-5H3,(H,11,12). The van der Waals surface area contributed by atoms with Crippen molar-refractivity contribution in [2.24, 2.45) is 5.41 Å². The number of nitrogens with two attached hydrogens (primary N) is 1. The third-order valence-corrected chi connectivity index (χ3v) is 7.53. The number of nitrogens with zero attached hydrogens (tertiary/aromatic N) is 1. The molecule has 0 saturated heterocycles. The Hall–Kier alpha value is -3.39. The van der Waals surface area contributed by atoms with Gasteiger partial charge in [-0.25, -0.2) is 0 Å². The molecule has 0 radical (unpaired) electrons. The highest BCUT2D eigenvalue weighted by molar-refractivity contribution is 5.85. The molecule has 38 heavy (non-hydrogen) atoms. The molecule has 1 aliphatic carbocycles. The van der Waals surface area contributed by atoms with Crippen molar-refractivity contribution in [1.29, 1.82) is 0 Å². The van der Waals surface area contributed by atoms with Crippen molar-refractivity contribution >= 4 is 23.9 Å². The van der Waals surface area contributed by atoms with Gasteiger partial charge in [0.15, 0.2) is 0 Å². The summed E-state index contributed by atoms with van der Waals surface area (Å²) < 4.78 is 0. The van der Waals surface area contributed by atoms with Gasteiger partial charge in [-0.2, -0.15) is 0 Å². The minimum absolute atomic E-state index is 0.0168. The van der Waals surface area contributed by atoms with E-state index in [0.29, 0.717) is 25.2 Å². The Morgan fingerprint density at radius 1 is 1.13 bits per heavy atom. The van der Waals surface area contributed by atoms with E-state index in [1.165, 1.54) is 11.1 Å². The lowest BCUT2D eigenvalue weighted by Gasteiger charge is -2.35. The van der Waals surface area contributed by atoms with Gasteiger partial charge in [0.05, 0.1) is 12.6 Å². The van der Waals surface area contributed by atoms with Crippen molar-refractivity contribution < 1.29 is 14.4 Å². The first kappa shape index (κ1) is 29.2. The molecule has 4 rings (SSSR count). The van der Waals surface area contributed by atoms with Crippen molar-refractivity contribution in [1.82, 2.24) is 20.9 Å². The Kier molecular flexibility index (Phi) is 9.91. The number of benzene rings is 2. The van der Waals surface area contributed by atoms with Gasteiger partial charge in [-0.15, -0.1) is 0 Å². The van der Waals surface area contributed by atoms with Crippen molar-refractivity contribution in [2.45, 2.75) is 78.0 Å². The van der Waals surface area contributed by atoms with Gasteiger partial charge in [0, 0.05) is 24.7 Å². The number of amides is 3. The van der Waals surface area contributed by atoms with Gasteiger partial charge < -0.3 is 26.6 Å². The molecular formula is C30H43N5O3. The maximum atomic E-state index is 13.0. The van der Waals surface area contributed by atoms with E-state index in [1.54, 1.807) is 11.9 Å². The first-order chi connectivity index (χ1) is 18.0. The van der Waals surface area contributed by atoms with Gasteiger partial charge in [-0.05, 0) is 73.0 Å². The Morgan fingerprint density at radius 2 is 1.87 bits per heavy atom. The maximum Gasteiger partial charge on any atom is 0.243 e. The van der Waals surface area contributed by atoms with Crippen molar-refractivity contribution in [3.05, 3.63) is 64.7 Å².